The first-order valence-electron chi connectivity index (χ1n) is 9.70. The second kappa shape index (κ2) is 8.65. The van der Waals surface area contributed by atoms with E-state index in [1.807, 2.05) is 49.4 Å². The average Bonchev–Trinajstić information content (AvgIpc) is 2.97. The molecule has 0 saturated carbocycles. The summed E-state index contributed by atoms with van der Waals surface area (Å²) in [5.74, 6) is 3.22. The van der Waals surface area contributed by atoms with Crippen molar-refractivity contribution in [2.75, 3.05) is 31.6 Å². The van der Waals surface area contributed by atoms with Gasteiger partial charge < -0.3 is 25.1 Å². The molecule has 0 radical (unpaired) electrons. The van der Waals surface area contributed by atoms with E-state index in [1.54, 1.807) is 0 Å². The van der Waals surface area contributed by atoms with Crippen molar-refractivity contribution in [2.24, 2.45) is 4.99 Å². The number of rotatable bonds is 5. The number of aromatic nitrogens is 2. The minimum Gasteiger partial charge on any atom is -0.490 e. The number of nitrogens with one attached hydrogen (secondary N) is 3. The number of aromatic amines is 1. The predicted molar refractivity (Wildman–Crippen MR) is 111 cm³/mol. The second-order valence-electron chi connectivity index (χ2n) is 6.55. The third-order valence-electron chi connectivity index (χ3n) is 4.41. The van der Waals surface area contributed by atoms with Gasteiger partial charge in [0.15, 0.2) is 17.5 Å². The van der Waals surface area contributed by atoms with Gasteiger partial charge in [-0.3, -0.25) is 4.99 Å². The van der Waals surface area contributed by atoms with Gasteiger partial charge in [-0.1, -0.05) is 12.1 Å². The number of benzene rings is 2. The van der Waals surface area contributed by atoms with Crippen molar-refractivity contribution in [2.45, 2.75) is 19.8 Å². The van der Waals surface area contributed by atoms with Crippen LogP contribution in [0.2, 0.25) is 0 Å². The smallest absolute Gasteiger partial charge is 0.195 e. The molecule has 0 fully saturated rings. The van der Waals surface area contributed by atoms with Crippen LogP contribution in [0.15, 0.2) is 47.5 Å². The molecule has 2 aromatic carbocycles. The third-order valence-corrected chi connectivity index (χ3v) is 4.41. The number of anilines is 1. The number of guanidine groups is 1. The molecular weight excluding hydrogens is 354 g/mol. The van der Waals surface area contributed by atoms with E-state index in [0.29, 0.717) is 19.8 Å². The first-order valence-corrected chi connectivity index (χ1v) is 9.70. The monoisotopic (exact) mass is 379 g/mol. The van der Waals surface area contributed by atoms with Gasteiger partial charge in [0.1, 0.15) is 5.82 Å². The van der Waals surface area contributed by atoms with Crippen LogP contribution < -0.4 is 20.1 Å². The fraction of sp³-hybridized carbons (Fsp3) is 0.333. The van der Waals surface area contributed by atoms with E-state index < -0.39 is 0 Å². The molecule has 28 heavy (non-hydrogen) atoms. The molecule has 3 N–H and O–H groups in total. The lowest BCUT2D eigenvalue weighted by molar-refractivity contribution is 0.297. The molecular formula is C21H25N5O2. The molecule has 0 saturated heterocycles. The number of ether oxygens (including phenoxy) is 2. The number of H-pyrrole nitrogens is 1. The Morgan fingerprint density at radius 3 is 2.86 bits per heavy atom. The van der Waals surface area contributed by atoms with E-state index in [9.17, 15) is 0 Å². The highest BCUT2D eigenvalue weighted by atomic mass is 16.5. The van der Waals surface area contributed by atoms with Gasteiger partial charge in [0.2, 0.25) is 0 Å². The minimum atomic E-state index is 0.625. The molecule has 0 unspecified atom stereocenters. The van der Waals surface area contributed by atoms with Crippen LogP contribution in [0.4, 0.5) is 5.69 Å². The highest BCUT2D eigenvalue weighted by Crippen LogP contribution is 2.32. The lowest BCUT2D eigenvalue weighted by atomic mass is 10.3. The Bertz CT molecular complexity index is 933. The molecule has 0 aliphatic carbocycles. The Balaban J connectivity index is 1.42. The largest absolute Gasteiger partial charge is 0.490 e. The normalized spacial score (nSPS) is 14.0. The summed E-state index contributed by atoms with van der Waals surface area (Å²) in [7, 11) is 0. The van der Waals surface area contributed by atoms with E-state index in [0.717, 1.165) is 59.4 Å². The molecule has 3 aromatic rings. The van der Waals surface area contributed by atoms with Crippen molar-refractivity contribution in [1.29, 1.82) is 0 Å². The molecule has 0 amide bonds. The number of fused-ring (bicyclic) bond motifs is 2. The van der Waals surface area contributed by atoms with Crippen molar-refractivity contribution in [1.82, 2.24) is 15.3 Å². The zero-order valence-electron chi connectivity index (χ0n) is 16.0. The van der Waals surface area contributed by atoms with Crippen LogP contribution in [0.3, 0.4) is 0 Å². The lowest BCUT2D eigenvalue weighted by Gasteiger charge is -2.13. The number of hydrogen-bond acceptors (Lipinski definition) is 4. The first kappa shape index (κ1) is 18.2. The molecule has 4 rings (SSSR count). The Morgan fingerprint density at radius 2 is 2.00 bits per heavy atom. The molecule has 0 bridgehead atoms. The van der Waals surface area contributed by atoms with Crippen LogP contribution in [0.1, 0.15) is 19.2 Å². The maximum atomic E-state index is 5.76. The maximum Gasteiger partial charge on any atom is 0.195 e. The number of aliphatic imine (C=N–C) groups is 1. The van der Waals surface area contributed by atoms with Crippen LogP contribution in [-0.4, -0.2) is 42.2 Å². The van der Waals surface area contributed by atoms with E-state index in [-0.39, 0.29) is 0 Å². The topological polar surface area (TPSA) is 83.6 Å². The molecule has 0 atom stereocenters. The SMILES string of the molecule is CCNC(=NCCc1nc2ccccc2[nH]1)Nc1ccc2c(c1)OCCCO2. The van der Waals surface area contributed by atoms with Crippen molar-refractivity contribution >= 4 is 22.7 Å². The van der Waals surface area contributed by atoms with Gasteiger partial charge in [-0.05, 0) is 31.2 Å². The first-order chi connectivity index (χ1) is 13.8. The lowest BCUT2D eigenvalue weighted by Crippen LogP contribution is -2.31. The Hall–Kier alpha value is -3.22. The maximum absolute atomic E-state index is 5.76. The molecule has 0 spiro atoms. The van der Waals surface area contributed by atoms with E-state index in [1.165, 1.54) is 0 Å². The number of hydrogen-bond donors (Lipinski definition) is 3. The number of para-hydroxylation sites is 2. The molecule has 7 nitrogen and oxygen atoms in total. The highest BCUT2D eigenvalue weighted by Gasteiger charge is 2.11. The molecule has 1 aliphatic rings. The van der Waals surface area contributed by atoms with Crippen LogP contribution in [-0.2, 0) is 6.42 Å². The van der Waals surface area contributed by atoms with Crippen molar-refractivity contribution in [3.05, 3.63) is 48.3 Å². The third kappa shape index (κ3) is 4.36. The van der Waals surface area contributed by atoms with Gasteiger partial charge in [-0.2, -0.15) is 0 Å². The second-order valence-corrected chi connectivity index (χ2v) is 6.55. The Kier molecular flexibility index (Phi) is 5.61. The van der Waals surface area contributed by atoms with Crippen LogP contribution in [0, 0.1) is 0 Å². The van der Waals surface area contributed by atoms with Crippen molar-refractivity contribution in [3.63, 3.8) is 0 Å². The van der Waals surface area contributed by atoms with Crippen molar-refractivity contribution < 1.29 is 9.47 Å². The quantitative estimate of drug-likeness (QED) is 0.468. The van der Waals surface area contributed by atoms with Gasteiger partial charge in [0.05, 0.1) is 24.2 Å². The predicted octanol–water partition coefficient (Wildman–Crippen LogP) is 3.34. The van der Waals surface area contributed by atoms with Gasteiger partial charge in [0.25, 0.3) is 0 Å². The summed E-state index contributed by atoms with van der Waals surface area (Å²) in [4.78, 5) is 12.6. The van der Waals surface area contributed by atoms with E-state index >= 15 is 0 Å². The minimum absolute atomic E-state index is 0.625. The zero-order chi connectivity index (χ0) is 19.2. The average molecular weight is 379 g/mol. The molecule has 1 aromatic heterocycles. The summed E-state index contributed by atoms with van der Waals surface area (Å²) in [6.45, 7) is 4.80. The van der Waals surface area contributed by atoms with Gasteiger partial charge in [-0.15, -0.1) is 0 Å². The fourth-order valence-corrected chi connectivity index (χ4v) is 3.08. The Morgan fingerprint density at radius 1 is 1.14 bits per heavy atom. The van der Waals surface area contributed by atoms with Gasteiger partial charge >= 0.3 is 0 Å². The number of imidazole rings is 1. The molecule has 2 heterocycles. The molecule has 146 valence electrons. The summed E-state index contributed by atoms with van der Waals surface area (Å²) in [5, 5.41) is 6.61. The Labute approximate surface area is 164 Å². The van der Waals surface area contributed by atoms with E-state index in [2.05, 4.69) is 25.6 Å². The summed E-state index contributed by atoms with van der Waals surface area (Å²) < 4.78 is 11.4. The number of nitrogens with zero attached hydrogens (tertiary/aromatic N) is 2. The van der Waals surface area contributed by atoms with Crippen LogP contribution in [0.25, 0.3) is 11.0 Å². The summed E-state index contributed by atoms with van der Waals surface area (Å²) in [6.07, 6.45) is 1.63. The van der Waals surface area contributed by atoms with Crippen molar-refractivity contribution in [3.8, 4) is 11.5 Å². The molecule has 1 aliphatic heterocycles. The van der Waals surface area contributed by atoms with E-state index in [4.69, 9.17) is 9.47 Å². The van der Waals surface area contributed by atoms with Crippen LogP contribution in [0.5, 0.6) is 11.5 Å². The summed E-state index contributed by atoms with van der Waals surface area (Å²) in [5.41, 5.74) is 2.95. The van der Waals surface area contributed by atoms with Gasteiger partial charge in [-0.25, -0.2) is 4.98 Å². The molecule has 7 heteroatoms. The fourth-order valence-electron chi connectivity index (χ4n) is 3.08. The summed E-state index contributed by atoms with van der Waals surface area (Å²) in [6, 6.07) is 13.9. The van der Waals surface area contributed by atoms with Gasteiger partial charge in [0, 0.05) is 37.7 Å². The zero-order valence-corrected chi connectivity index (χ0v) is 16.0. The van der Waals surface area contributed by atoms with Crippen LogP contribution >= 0.6 is 0 Å². The summed E-state index contributed by atoms with van der Waals surface area (Å²) >= 11 is 0. The highest BCUT2D eigenvalue weighted by molar-refractivity contribution is 5.94. The standard InChI is InChI=1S/C21H25N5O2/c1-2-22-21(23-11-10-20-25-16-6-3-4-7-17(16)26-20)24-15-8-9-18-19(14-15)28-13-5-12-27-18/h3-4,6-9,14H,2,5,10-13H2,1H3,(H,25,26)(H2,22,23,24).